The predicted molar refractivity (Wildman–Crippen MR) is 150 cm³/mol. The number of hydrogen-bond acceptors (Lipinski definition) is 5. The van der Waals surface area contributed by atoms with Gasteiger partial charge < -0.3 is 9.84 Å². The summed E-state index contributed by atoms with van der Waals surface area (Å²) in [5, 5.41) is 12.3. The van der Waals surface area contributed by atoms with Crippen LogP contribution in [0.4, 0.5) is 0 Å². The molecule has 0 radical (unpaired) electrons. The Morgan fingerprint density at radius 2 is 2.03 bits per heavy atom. The Labute approximate surface area is 231 Å². The quantitative estimate of drug-likeness (QED) is 0.252. The molecule has 196 valence electrons. The molecule has 2 amide bonds. The second kappa shape index (κ2) is 11.3. The number of aromatic hydroxyl groups is 1. The van der Waals surface area contributed by atoms with Crippen LogP contribution in [-0.2, 0) is 20.9 Å². The van der Waals surface area contributed by atoms with Crippen LogP contribution in [0.1, 0.15) is 62.8 Å². The third-order valence-electron chi connectivity index (χ3n) is 8.07. The van der Waals surface area contributed by atoms with Gasteiger partial charge >= 0.3 is 0 Å². The monoisotopic (exact) mass is 583 g/mol. The summed E-state index contributed by atoms with van der Waals surface area (Å²) in [6, 6.07) is 9.43. The van der Waals surface area contributed by atoms with Gasteiger partial charge in [0.25, 0.3) is 0 Å². The summed E-state index contributed by atoms with van der Waals surface area (Å²) in [7, 11) is 0. The van der Waals surface area contributed by atoms with Crippen LogP contribution in [-0.4, -0.2) is 34.5 Å². The molecule has 2 aromatic rings. The SMILES string of the molecule is CCC/C(=C\c1cc(Br)ccc1O)CC[C@H]1OC[C@H]2C1=C(CC)C[C@H]1C(=O)N(Cc3cccs3)C(=O)[C@H]12. The molecule has 1 N–H and O–H groups in total. The zero-order valence-electron chi connectivity index (χ0n) is 21.4. The molecule has 1 aromatic carbocycles. The number of hydrogen-bond donors (Lipinski definition) is 1. The number of fused-ring (bicyclic) bond motifs is 3. The molecule has 5 nitrogen and oxygen atoms in total. The van der Waals surface area contributed by atoms with Crippen LogP contribution in [0.25, 0.3) is 6.08 Å². The Hall–Kier alpha value is -2.22. The topological polar surface area (TPSA) is 66.8 Å². The molecule has 4 atom stereocenters. The van der Waals surface area contributed by atoms with Crippen molar-refractivity contribution >= 4 is 45.2 Å². The van der Waals surface area contributed by atoms with Crippen molar-refractivity contribution in [3.63, 3.8) is 0 Å². The van der Waals surface area contributed by atoms with E-state index in [1.807, 2.05) is 29.6 Å². The number of phenols is 1. The number of rotatable bonds is 9. The van der Waals surface area contributed by atoms with E-state index >= 15 is 0 Å². The lowest BCUT2D eigenvalue weighted by molar-refractivity contribution is -0.140. The molecular weight excluding hydrogens is 550 g/mol. The average Bonchev–Trinajstić information content (AvgIpc) is 3.61. The molecule has 0 unspecified atom stereocenters. The lowest BCUT2D eigenvalue weighted by atomic mass is 9.69. The van der Waals surface area contributed by atoms with Crippen molar-refractivity contribution < 1.29 is 19.4 Å². The number of imide groups is 1. The molecular formula is C30H34BrNO4S. The molecule has 0 saturated carbocycles. The van der Waals surface area contributed by atoms with Crippen LogP contribution >= 0.6 is 27.3 Å². The number of allylic oxidation sites excluding steroid dienone is 2. The number of carbonyl (C=O) groups is 2. The van der Waals surface area contributed by atoms with Crippen LogP contribution in [0.15, 0.2) is 56.9 Å². The fourth-order valence-electron chi connectivity index (χ4n) is 6.36. The van der Waals surface area contributed by atoms with Gasteiger partial charge in [0.15, 0.2) is 0 Å². The number of amides is 2. The first-order valence-electron chi connectivity index (χ1n) is 13.3. The van der Waals surface area contributed by atoms with Gasteiger partial charge in [-0.3, -0.25) is 14.5 Å². The molecule has 0 bridgehead atoms. The summed E-state index contributed by atoms with van der Waals surface area (Å²) in [5.74, 6) is -0.322. The van der Waals surface area contributed by atoms with Gasteiger partial charge in [-0.25, -0.2) is 0 Å². The van der Waals surface area contributed by atoms with Crippen molar-refractivity contribution in [2.45, 2.75) is 65.0 Å². The third kappa shape index (κ3) is 5.23. The zero-order chi connectivity index (χ0) is 26.1. The van der Waals surface area contributed by atoms with Gasteiger partial charge in [0.1, 0.15) is 5.75 Å². The van der Waals surface area contributed by atoms with Gasteiger partial charge in [0.05, 0.1) is 31.1 Å². The number of ether oxygens (including phenoxy) is 1. The highest BCUT2D eigenvalue weighted by Gasteiger charge is 2.56. The Kier molecular flexibility index (Phi) is 8.03. The van der Waals surface area contributed by atoms with Gasteiger partial charge in [0, 0.05) is 20.8 Å². The van der Waals surface area contributed by atoms with Crippen LogP contribution in [0, 0.1) is 17.8 Å². The fourth-order valence-corrected chi connectivity index (χ4v) is 7.43. The van der Waals surface area contributed by atoms with Crippen molar-refractivity contribution in [3.8, 4) is 5.75 Å². The average molecular weight is 585 g/mol. The van der Waals surface area contributed by atoms with E-state index in [1.54, 1.807) is 17.4 Å². The van der Waals surface area contributed by atoms with Gasteiger partial charge in [-0.15, -0.1) is 11.3 Å². The fraction of sp³-hybridized carbons (Fsp3) is 0.467. The van der Waals surface area contributed by atoms with Crippen molar-refractivity contribution in [1.82, 2.24) is 4.90 Å². The van der Waals surface area contributed by atoms with Gasteiger partial charge in [-0.1, -0.05) is 59.5 Å². The van der Waals surface area contributed by atoms with Crippen LogP contribution in [0.2, 0.25) is 0 Å². The van der Waals surface area contributed by atoms with Crippen LogP contribution < -0.4 is 0 Å². The van der Waals surface area contributed by atoms with Crippen molar-refractivity contribution in [3.05, 3.63) is 67.3 Å². The van der Waals surface area contributed by atoms with Crippen molar-refractivity contribution in [2.75, 3.05) is 6.61 Å². The Morgan fingerprint density at radius 3 is 2.76 bits per heavy atom. The van der Waals surface area contributed by atoms with Crippen molar-refractivity contribution in [1.29, 1.82) is 0 Å². The minimum Gasteiger partial charge on any atom is -0.507 e. The summed E-state index contributed by atoms with van der Waals surface area (Å²) < 4.78 is 7.30. The van der Waals surface area contributed by atoms with E-state index < -0.39 is 0 Å². The van der Waals surface area contributed by atoms with E-state index in [2.05, 4.69) is 35.9 Å². The number of phenolic OH excluding ortho intramolecular Hbond substituents is 1. The number of benzene rings is 1. The largest absolute Gasteiger partial charge is 0.507 e. The summed E-state index contributed by atoms with van der Waals surface area (Å²) in [4.78, 5) is 29.4. The van der Waals surface area contributed by atoms with Gasteiger partial charge in [-0.2, -0.15) is 0 Å². The first-order valence-corrected chi connectivity index (χ1v) is 15.0. The maximum atomic E-state index is 13.5. The lowest BCUT2D eigenvalue weighted by Crippen LogP contribution is -2.34. The third-order valence-corrected chi connectivity index (χ3v) is 9.42. The maximum absolute atomic E-state index is 13.5. The molecule has 1 aliphatic carbocycles. The normalized spacial score (nSPS) is 25.7. The van der Waals surface area contributed by atoms with E-state index in [0.29, 0.717) is 19.6 Å². The smallest absolute Gasteiger partial charge is 0.234 e. The number of likely N-dealkylation sites (tertiary alicyclic amines) is 1. The maximum Gasteiger partial charge on any atom is 0.234 e. The first kappa shape index (κ1) is 26.4. The Balaban J connectivity index is 1.35. The summed E-state index contributed by atoms with van der Waals surface area (Å²) in [5.41, 5.74) is 4.69. The van der Waals surface area contributed by atoms with E-state index in [-0.39, 0.29) is 41.4 Å². The number of thiophene rings is 1. The second-order valence-electron chi connectivity index (χ2n) is 10.3. The van der Waals surface area contributed by atoms with E-state index in [9.17, 15) is 14.7 Å². The highest BCUT2D eigenvalue weighted by Crippen LogP contribution is 2.50. The highest BCUT2D eigenvalue weighted by molar-refractivity contribution is 9.10. The summed E-state index contributed by atoms with van der Waals surface area (Å²) in [6.07, 6.45) is 7.31. The van der Waals surface area contributed by atoms with E-state index in [0.717, 1.165) is 47.0 Å². The molecule has 5 rings (SSSR count). The lowest BCUT2D eigenvalue weighted by Gasteiger charge is -2.31. The van der Waals surface area contributed by atoms with Crippen LogP contribution in [0.3, 0.4) is 0 Å². The van der Waals surface area contributed by atoms with E-state index in [1.165, 1.54) is 21.6 Å². The minimum atomic E-state index is -0.299. The van der Waals surface area contributed by atoms with Gasteiger partial charge in [0.2, 0.25) is 11.8 Å². The molecule has 3 heterocycles. The molecule has 7 heteroatoms. The number of carbonyl (C=O) groups excluding carboxylic acids is 2. The summed E-state index contributed by atoms with van der Waals surface area (Å²) in [6.45, 7) is 5.21. The minimum absolute atomic E-state index is 0.00351. The van der Waals surface area contributed by atoms with Crippen LogP contribution in [0.5, 0.6) is 5.75 Å². The number of nitrogens with zero attached hydrogens (tertiary/aromatic N) is 1. The zero-order valence-corrected chi connectivity index (χ0v) is 23.8. The molecule has 2 aliphatic heterocycles. The summed E-state index contributed by atoms with van der Waals surface area (Å²) >= 11 is 5.08. The standard InChI is InChI=1S/C30H34BrNO4S/c1-3-6-18(13-20-14-21(31)9-10-25(20)33)8-11-26-27-19(4-2)15-23-28(24(27)17-36-26)30(35)32(29(23)34)16-22-7-5-12-37-22/h5,7,9-10,12-14,23-24,26,28,33H,3-4,6,8,11,15-17H2,1-2H3/b18-13+/t23-,24+,26-,28-/m1/s1. The second-order valence-corrected chi connectivity index (χ2v) is 12.3. The molecule has 1 aromatic heterocycles. The molecule has 3 aliphatic rings. The van der Waals surface area contributed by atoms with E-state index in [4.69, 9.17) is 4.74 Å². The number of halogens is 1. The molecule has 37 heavy (non-hydrogen) atoms. The Bertz CT molecular complexity index is 1230. The molecule has 2 saturated heterocycles. The van der Waals surface area contributed by atoms with Crippen molar-refractivity contribution in [2.24, 2.45) is 17.8 Å². The highest BCUT2D eigenvalue weighted by atomic mass is 79.9. The molecule has 0 spiro atoms. The van der Waals surface area contributed by atoms with Gasteiger partial charge in [-0.05, 0) is 67.3 Å². The Morgan fingerprint density at radius 1 is 1.19 bits per heavy atom. The predicted octanol–water partition coefficient (Wildman–Crippen LogP) is 7.11. The first-order chi connectivity index (χ1) is 17.9. The molecule has 2 fully saturated rings.